The summed E-state index contributed by atoms with van der Waals surface area (Å²) < 4.78 is 15.8. The zero-order chi connectivity index (χ0) is 18.9. The van der Waals surface area contributed by atoms with Crippen LogP contribution < -0.4 is 9.47 Å². The lowest BCUT2D eigenvalue weighted by Gasteiger charge is -2.32. The molecular weight excluding hydrogens is 330 g/mol. The third kappa shape index (κ3) is 5.41. The van der Waals surface area contributed by atoms with Crippen molar-refractivity contribution < 1.29 is 19.0 Å². The van der Waals surface area contributed by atoms with Gasteiger partial charge in [-0.1, -0.05) is 18.6 Å². The SMILES string of the molecule is CCOC(=O)CC1CCN(CCc2ccc(OC)c(OC)c2)C=C1CC. The first-order valence-corrected chi connectivity index (χ1v) is 9.42. The lowest BCUT2D eigenvalue weighted by Crippen LogP contribution is -2.30. The van der Waals surface area contributed by atoms with E-state index in [4.69, 9.17) is 14.2 Å². The van der Waals surface area contributed by atoms with Gasteiger partial charge in [-0.05, 0) is 56.0 Å². The van der Waals surface area contributed by atoms with E-state index in [1.165, 1.54) is 11.1 Å². The van der Waals surface area contributed by atoms with Crippen LogP contribution in [0.4, 0.5) is 0 Å². The van der Waals surface area contributed by atoms with Crippen LogP contribution in [0.3, 0.4) is 0 Å². The number of hydrogen-bond acceptors (Lipinski definition) is 5. The van der Waals surface area contributed by atoms with E-state index in [2.05, 4.69) is 24.1 Å². The first kappa shape index (κ1) is 20.1. The van der Waals surface area contributed by atoms with Gasteiger partial charge in [0.05, 0.1) is 27.2 Å². The Balaban J connectivity index is 1.95. The molecule has 26 heavy (non-hydrogen) atoms. The second-order valence-electron chi connectivity index (χ2n) is 6.53. The first-order chi connectivity index (χ1) is 12.6. The lowest BCUT2D eigenvalue weighted by atomic mass is 9.88. The zero-order valence-corrected chi connectivity index (χ0v) is 16.4. The summed E-state index contributed by atoms with van der Waals surface area (Å²) in [7, 11) is 3.31. The molecule has 5 heteroatoms. The van der Waals surface area contributed by atoms with Gasteiger partial charge in [-0.3, -0.25) is 4.79 Å². The molecule has 1 aromatic rings. The molecule has 0 amide bonds. The molecule has 1 heterocycles. The summed E-state index contributed by atoms with van der Waals surface area (Å²) >= 11 is 0. The van der Waals surface area contributed by atoms with Crippen molar-refractivity contribution >= 4 is 5.97 Å². The van der Waals surface area contributed by atoms with Crippen molar-refractivity contribution in [2.45, 2.75) is 39.5 Å². The molecule has 0 fully saturated rings. The number of nitrogens with zero attached hydrogens (tertiary/aromatic N) is 1. The predicted octanol–water partition coefficient (Wildman–Crippen LogP) is 3.82. The van der Waals surface area contributed by atoms with Crippen molar-refractivity contribution in [1.29, 1.82) is 0 Å². The number of rotatable bonds is 9. The molecule has 0 saturated carbocycles. The highest BCUT2D eigenvalue weighted by atomic mass is 16.5. The fraction of sp³-hybridized carbons (Fsp3) is 0.571. The summed E-state index contributed by atoms with van der Waals surface area (Å²) in [5.41, 5.74) is 2.57. The van der Waals surface area contributed by atoms with E-state index in [0.29, 0.717) is 18.9 Å². The highest BCUT2D eigenvalue weighted by Gasteiger charge is 2.23. The summed E-state index contributed by atoms with van der Waals surface area (Å²) in [5, 5.41) is 0. The van der Waals surface area contributed by atoms with Crippen LogP contribution in [0.1, 0.15) is 38.7 Å². The molecule has 5 nitrogen and oxygen atoms in total. The number of hydrogen-bond donors (Lipinski definition) is 0. The molecular formula is C21H31NO4. The van der Waals surface area contributed by atoms with Crippen LogP contribution in [0.15, 0.2) is 30.0 Å². The fourth-order valence-corrected chi connectivity index (χ4v) is 3.43. The Labute approximate surface area is 156 Å². The van der Waals surface area contributed by atoms with Crippen molar-refractivity contribution in [3.05, 3.63) is 35.5 Å². The third-order valence-corrected chi connectivity index (χ3v) is 4.90. The maximum Gasteiger partial charge on any atom is 0.306 e. The number of methoxy groups -OCH3 is 2. The molecule has 0 aromatic heterocycles. The van der Waals surface area contributed by atoms with Crippen molar-refractivity contribution in [3.8, 4) is 11.5 Å². The summed E-state index contributed by atoms with van der Waals surface area (Å²) in [5.74, 6) is 1.75. The van der Waals surface area contributed by atoms with E-state index in [9.17, 15) is 4.79 Å². The fourth-order valence-electron chi connectivity index (χ4n) is 3.43. The van der Waals surface area contributed by atoms with Crippen LogP contribution in [0.25, 0.3) is 0 Å². The monoisotopic (exact) mass is 361 g/mol. The Morgan fingerprint density at radius 3 is 2.62 bits per heavy atom. The topological polar surface area (TPSA) is 48.0 Å². The normalized spacial score (nSPS) is 16.8. The van der Waals surface area contributed by atoms with Crippen LogP contribution in [0, 0.1) is 5.92 Å². The molecule has 0 saturated heterocycles. The number of esters is 1. The molecule has 0 aliphatic carbocycles. The minimum atomic E-state index is -0.0874. The van der Waals surface area contributed by atoms with Gasteiger partial charge in [-0.25, -0.2) is 0 Å². The van der Waals surface area contributed by atoms with Crippen LogP contribution in [0.5, 0.6) is 11.5 Å². The molecule has 1 aromatic carbocycles. The van der Waals surface area contributed by atoms with Gasteiger partial charge in [0.2, 0.25) is 0 Å². The molecule has 1 aliphatic rings. The Kier molecular flexibility index (Phi) is 7.82. The Morgan fingerprint density at radius 2 is 1.96 bits per heavy atom. The summed E-state index contributed by atoms with van der Waals surface area (Å²) in [6, 6.07) is 6.07. The number of carbonyl (C=O) groups is 1. The molecule has 0 spiro atoms. The Hall–Kier alpha value is -2.17. The molecule has 2 rings (SSSR count). The van der Waals surface area contributed by atoms with Crippen LogP contribution in [-0.2, 0) is 16.0 Å². The summed E-state index contributed by atoms with van der Waals surface area (Å²) in [4.78, 5) is 14.2. The standard InChI is InChI=1S/C21H31NO4/c1-5-17-15-22(12-10-18(17)14-21(23)26-6-2)11-9-16-7-8-19(24-3)20(13-16)25-4/h7-8,13,15,18H,5-6,9-12,14H2,1-4H3. The van der Waals surface area contributed by atoms with E-state index in [1.807, 2.05) is 19.1 Å². The van der Waals surface area contributed by atoms with Gasteiger partial charge in [0.1, 0.15) is 0 Å². The lowest BCUT2D eigenvalue weighted by molar-refractivity contribution is -0.144. The van der Waals surface area contributed by atoms with Crippen molar-refractivity contribution in [3.63, 3.8) is 0 Å². The molecule has 0 radical (unpaired) electrons. The molecule has 0 N–H and O–H groups in total. The molecule has 144 valence electrons. The zero-order valence-electron chi connectivity index (χ0n) is 16.4. The van der Waals surface area contributed by atoms with Gasteiger partial charge < -0.3 is 19.1 Å². The number of benzene rings is 1. The van der Waals surface area contributed by atoms with Crippen molar-refractivity contribution in [1.82, 2.24) is 4.90 Å². The minimum Gasteiger partial charge on any atom is -0.493 e. The van der Waals surface area contributed by atoms with Gasteiger partial charge in [0.25, 0.3) is 0 Å². The average molecular weight is 361 g/mol. The van der Waals surface area contributed by atoms with Gasteiger partial charge >= 0.3 is 5.97 Å². The van der Waals surface area contributed by atoms with Crippen molar-refractivity contribution in [2.75, 3.05) is 33.9 Å². The second-order valence-corrected chi connectivity index (χ2v) is 6.53. The van der Waals surface area contributed by atoms with E-state index in [-0.39, 0.29) is 5.97 Å². The highest BCUT2D eigenvalue weighted by molar-refractivity contribution is 5.70. The smallest absolute Gasteiger partial charge is 0.306 e. The molecule has 1 atom stereocenters. The quantitative estimate of drug-likeness (QED) is 0.626. The van der Waals surface area contributed by atoms with E-state index < -0.39 is 0 Å². The average Bonchev–Trinajstić information content (AvgIpc) is 2.67. The largest absolute Gasteiger partial charge is 0.493 e. The van der Waals surface area contributed by atoms with E-state index in [0.717, 1.165) is 43.9 Å². The van der Waals surface area contributed by atoms with Gasteiger partial charge in [0.15, 0.2) is 11.5 Å². The predicted molar refractivity (Wildman–Crippen MR) is 103 cm³/mol. The summed E-state index contributed by atoms with van der Waals surface area (Å²) in [6.07, 6.45) is 5.66. The minimum absolute atomic E-state index is 0.0874. The van der Waals surface area contributed by atoms with Crippen molar-refractivity contribution in [2.24, 2.45) is 5.92 Å². The third-order valence-electron chi connectivity index (χ3n) is 4.90. The number of ether oxygens (including phenoxy) is 3. The maximum atomic E-state index is 11.8. The second kappa shape index (κ2) is 10.1. The molecule has 1 unspecified atom stereocenters. The van der Waals surface area contributed by atoms with Crippen LogP contribution >= 0.6 is 0 Å². The highest BCUT2D eigenvalue weighted by Crippen LogP contribution is 2.29. The van der Waals surface area contributed by atoms with E-state index in [1.54, 1.807) is 14.2 Å². The molecule has 0 bridgehead atoms. The van der Waals surface area contributed by atoms with E-state index >= 15 is 0 Å². The van der Waals surface area contributed by atoms with Gasteiger partial charge in [-0.2, -0.15) is 0 Å². The Bertz CT molecular complexity index is 626. The van der Waals surface area contributed by atoms with Crippen LogP contribution in [0.2, 0.25) is 0 Å². The number of carbonyl (C=O) groups excluding carboxylic acids is 1. The van der Waals surface area contributed by atoms with Gasteiger partial charge in [-0.15, -0.1) is 0 Å². The Morgan fingerprint density at radius 1 is 1.19 bits per heavy atom. The summed E-state index contributed by atoms with van der Waals surface area (Å²) in [6.45, 7) is 6.38. The first-order valence-electron chi connectivity index (χ1n) is 9.42. The van der Waals surface area contributed by atoms with Crippen LogP contribution in [-0.4, -0.2) is 44.8 Å². The number of allylic oxidation sites excluding steroid dienone is 1. The van der Waals surface area contributed by atoms with Gasteiger partial charge in [0, 0.05) is 13.1 Å². The maximum absolute atomic E-state index is 11.8. The molecule has 1 aliphatic heterocycles.